The van der Waals surface area contributed by atoms with E-state index in [0.717, 1.165) is 17.7 Å². The van der Waals surface area contributed by atoms with Crippen molar-refractivity contribution < 1.29 is 9.90 Å². The van der Waals surface area contributed by atoms with Crippen molar-refractivity contribution >= 4 is 29.7 Å². The van der Waals surface area contributed by atoms with E-state index < -0.39 is 0 Å². The van der Waals surface area contributed by atoms with Gasteiger partial charge in [-0.05, 0) is 43.2 Å². The second kappa shape index (κ2) is 7.70. The SMILES string of the molecule is C=NN(/C(O)=C(\C)c1ccc(C#N)cc1)c1ccc(N2CCCC2=O)cn1. The Balaban J connectivity index is 1.87. The number of carbonyl (C=O) groups is 1. The number of hydrogen-bond donors (Lipinski definition) is 1. The average molecular weight is 361 g/mol. The Morgan fingerprint density at radius 2 is 2.07 bits per heavy atom. The van der Waals surface area contributed by atoms with Gasteiger partial charge in [-0.1, -0.05) is 12.1 Å². The van der Waals surface area contributed by atoms with Crippen molar-refractivity contribution in [3.8, 4) is 6.07 Å². The molecule has 0 spiro atoms. The summed E-state index contributed by atoms with van der Waals surface area (Å²) in [5.74, 6) is 0.348. The first kappa shape index (κ1) is 18.1. The lowest BCUT2D eigenvalue weighted by atomic mass is 10.1. The summed E-state index contributed by atoms with van der Waals surface area (Å²) < 4.78 is 0. The van der Waals surface area contributed by atoms with Crippen LogP contribution >= 0.6 is 0 Å². The minimum Gasteiger partial charge on any atom is -0.493 e. The smallest absolute Gasteiger partial charge is 0.227 e. The number of benzene rings is 1. The van der Waals surface area contributed by atoms with Crippen LogP contribution in [0.3, 0.4) is 0 Å². The van der Waals surface area contributed by atoms with Gasteiger partial charge in [-0.15, -0.1) is 0 Å². The number of anilines is 2. The van der Waals surface area contributed by atoms with E-state index in [0.29, 0.717) is 29.9 Å². The van der Waals surface area contributed by atoms with Gasteiger partial charge in [-0.25, -0.2) is 4.98 Å². The molecule has 2 heterocycles. The van der Waals surface area contributed by atoms with Gasteiger partial charge in [0.15, 0.2) is 5.82 Å². The fourth-order valence-electron chi connectivity index (χ4n) is 2.91. The number of rotatable bonds is 5. The Labute approximate surface area is 157 Å². The largest absolute Gasteiger partial charge is 0.493 e. The third-order valence-electron chi connectivity index (χ3n) is 4.46. The molecule has 1 aromatic heterocycles. The summed E-state index contributed by atoms with van der Waals surface area (Å²) in [6.07, 6.45) is 2.98. The van der Waals surface area contributed by atoms with E-state index >= 15 is 0 Å². The lowest BCUT2D eigenvalue weighted by Gasteiger charge is -2.20. The van der Waals surface area contributed by atoms with Crippen molar-refractivity contribution in [2.45, 2.75) is 19.8 Å². The van der Waals surface area contributed by atoms with Crippen molar-refractivity contribution in [2.24, 2.45) is 5.10 Å². The monoisotopic (exact) mass is 361 g/mol. The Hall–Kier alpha value is -3.66. The number of aromatic nitrogens is 1. The predicted molar refractivity (Wildman–Crippen MR) is 104 cm³/mol. The van der Waals surface area contributed by atoms with Crippen LogP contribution in [-0.2, 0) is 4.79 Å². The summed E-state index contributed by atoms with van der Waals surface area (Å²) >= 11 is 0. The Morgan fingerprint density at radius 3 is 2.59 bits per heavy atom. The highest BCUT2D eigenvalue weighted by atomic mass is 16.3. The Morgan fingerprint density at radius 1 is 1.33 bits per heavy atom. The first-order chi connectivity index (χ1) is 13.0. The van der Waals surface area contributed by atoms with Gasteiger partial charge in [0.25, 0.3) is 0 Å². The summed E-state index contributed by atoms with van der Waals surface area (Å²) in [5.41, 5.74) is 2.57. The van der Waals surface area contributed by atoms with Gasteiger partial charge < -0.3 is 10.0 Å². The van der Waals surface area contributed by atoms with E-state index in [9.17, 15) is 9.90 Å². The molecule has 136 valence electrons. The minimum atomic E-state index is -0.118. The van der Waals surface area contributed by atoms with Crippen LogP contribution in [0.4, 0.5) is 11.5 Å². The van der Waals surface area contributed by atoms with E-state index in [-0.39, 0.29) is 11.8 Å². The van der Waals surface area contributed by atoms with Gasteiger partial charge in [-0.3, -0.25) is 4.79 Å². The minimum absolute atomic E-state index is 0.0858. The lowest BCUT2D eigenvalue weighted by molar-refractivity contribution is -0.117. The zero-order valence-corrected chi connectivity index (χ0v) is 15.0. The number of nitrogens with zero attached hydrogens (tertiary/aromatic N) is 5. The normalized spacial score (nSPS) is 14.5. The molecule has 3 rings (SSSR count). The first-order valence-corrected chi connectivity index (χ1v) is 8.48. The molecule has 0 unspecified atom stereocenters. The summed E-state index contributed by atoms with van der Waals surface area (Å²) in [6, 6.07) is 12.4. The van der Waals surface area contributed by atoms with Crippen molar-refractivity contribution in [1.29, 1.82) is 5.26 Å². The van der Waals surface area contributed by atoms with Crippen LogP contribution in [0.5, 0.6) is 0 Å². The molecule has 0 radical (unpaired) electrons. The number of pyridine rings is 1. The molecule has 1 fully saturated rings. The van der Waals surface area contributed by atoms with Crippen LogP contribution in [0.25, 0.3) is 5.57 Å². The molecule has 0 bridgehead atoms. The highest BCUT2D eigenvalue weighted by Crippen LogP contribution is 2.26. The van der Waals surface area contributed by atoms with E-state index in [4.69, 9.17) is 5.26 Å². The Kier molecular flexibility index (Phi) is 5.18. The first-order valence-electron chi connectivity index (χ1n) is 8.48. The quantitative estimate of drug-likeness (QED) is 0.500. The maximum absolute atomic E-state index is 11.8. The summed E-state index contributed by atoms with van der Waals surface area (Å²) in [7, 11) is 0. The van der Waals surface area contributed by atoms with Crippen LogP contribution in [0, 0.1) is 11.3 Å². The number of aliphatic hydroxyl groups is 1. The van der Waals surface area contributed by atoms with Gasteiger partial charge in [0.2, 0.25) is 11.8 Å². The number of hydrogen-bond acceptors (Lipinski definition) is 6. The molecule has 1 N–H and O–H groups in total. The number of carbonyl (C=O) groups excluding carboxylic acids is 1. The molecule has 0 saturated carbocycles. The average Bonchev–Trinajstić information content (AvgIpc) is 3.14. The van der Waals surface area contributed by atoms with E-state index in [1.165, 1.54) is 5.01 Å². The van der Waals surface area contributed by atoms with Crippen LogP contribution in [0.2, 0.25) is 0 Å². The van der Waals surface area contributed by atoms with Crippen molar-refractivity contribution in [3.63, 3.8) is 0 Å². The molecule has 27 heavy (non-hydrogen) atoms. The van der Waals surface area contributed by atoms with Crippen LogP contribution in [0.1, 0.15) is 30.9 Å². The number of aliphatic hydroxyl groups excluding tert-OH is 1. The molecule has 0 aliphatic carbocycles. The number of nitriles is 1. The van der Waals surface area contributed by atoms with Crippen molar-refractivity contribution in [3.05, 3.63) is 59.6 Å². The molecule has 1 aliphatic heterocycles. The maximum Gasteiger partial charge on any atom is 0.227 e. The number of allylic oxidation sites excluding steroid dienone is 1. The molecular weight excluding hydrogens is 342 g/mol. The van der Waals surface area contributed by atoms with Crippen LogP contribution < -0.4 is 9.91 Å². The van der Waals surface area contributed by atoms with Gasteiger partial charge >= 0.3 is 0 Å². The van der Waals surface area contributed by atoms with E-state index in [1.54, 1.807) is 54.4 Å². The van der Waals surface area contributed by atoms with Gasteiger partial charge in [0.1, 0.15) is 0 Å². The highest BCUT2D eigenvalue weighted by molar-refractivity contribution is 5.95. The topological polar surface area (TPSA) is 92.8 Å². The lowest BCUT2D eigenvalue weighted by Crippen LogP contribution is -2.24. The molecule has 7 nitrogen and oxygen atoms in total. The predicted octanol–water partition coefficient (Wildman–Crippen LogP) is 3.45. The van der Waals surface area contributed by atoms with Crippen LogP contribution in [0.15, 0.2) is 53.6 Å². The van der Waals surface area contributed by atoms with Crippen molar-refractivity contribution in [2.75, 3.05) is 16.5 Å². The van der Waals surface area contributed by atoms with Gasteiger partial charge in [0.05, 0.1) is 23.5 Å². The Bertz CT molecular complexity index is 926. The number of amides is 1. The summed E-state index contributed by atoms with van der Waals surface area (Å²) in [4.78, 5) is 17.9. The van der Waals surface area contributed by atoms with Crippen LogP contribution in [-0.4, -0.2) is 29.3 Å². The second-order valence-corrected chi connectivity index (χ2v) is 6.11. The molecular formula is C20H19N5O2. The zero-order chi connectivity index (χ0) is 19.4. The highest BCUT2D eigenvalue weighted by Gasteiger charge is 2.22. The molecule has 1 aromatic carbocycles. The van der Waals surface area contributed by atoms with E-state index in [2.05, 4.69) is 22.9 Å². The molecule has 1 saturated heterocycles. The fraction of sp³-hybridized carbons (Fsp3) is 0.200. The van der Waals surface area contributed by atoms with Crippen molar-refractivity contribution in [1.82, 2.24) is 4.98 Å². The maximum atomic E-state index is 11.8. The van der Waals surface area contributed by atoms with Gasteiger partial charge in [-0.2, -0.15) is 15.4 Å². The third kappa shape index (κ3) is 3.65. The zero-order valence-electron chi connectivity index (χ0n) is 15.0. The standard InChI is InChI=1S/C20H19N5O2/c1-14(16-7-5-15(12-21)6-8-16)20(27)25(22-2)18-10-9-17(13-23-18)24-11-3-4-19(24)26/h5-10,13,27H,2-4,11H2,1H3/b20-14-. The summed E-state index contributed by atoms with van der Waals surface area (Å²) in [5, 5.41) is 24.6. The molecule has 7 heteroatoms. The third-order valence-corrected chi connectivity index (χ3v) is 4.46. The van der Waals surface area contributed by atoms with Gasteiger partial charge in [0, 0.05) is 25.3 Å². The fourth-order valence-corrected chi connectivity index (χ4v) is 2.91. The van der Waals surface area contributed by atoms with E-state index in [1.807, 2.05) is 0 Å². The molecule has 1 amide bonds. The molecule has 0 atom stereocenters. The molecule has 1 aliphatic rings. The molecule has 2 aromatic rings. The second-order valence-electron chi connectivity index (χ2n) is 6.11. The number of hydrazone groups is 1. The summed E-state index contributed by atoms with van der Waals surface area (Å²) in [6.45, 7) is 5.94.